The Morgan fingerprint density at radius 3 is 2.43 bits per heavy atom. The zero-order chi connectivity index (χ0) is 16.6. The third kappa shape index (κ3) is 1.94. The van der Waals surface area contributed by atoms with Crippen molar-refractivity contribution in [3.63, 3.8) is 0 Å². The van der Waals surface area contributed by atoms with Crippen molar-refractivity contribution in [2.24, 2.45) is 28.6 Å². The number of halogens is 1. The maximum atomic E-state index is 12.0. The summed E-state index contributed by atoms with van der Waals surface area (Å²) in [7, 11) is 0. The smallest absolute Gasteiger partial charge is 0.174 e. The number of ketones is 1. The standard InChI is InChI=1S/C20H29ClO2/c1-18-9-8-16(22)17(21)15(18)5-4-12-13(18)6-10-19(2)14(12)7-11-20(19,3)23/h12-14,23H,4-11H2,1-3H3/t12-,13+,14+,18-,19+,20-/m1/s1. The molecule has 0 aromatic rings. The maximum absolute atomic E-state index is 12.0. The Kier molecular flexibility index (Phi) is 3.40. The lowest BCUT2D eigenvalue weighted by Crippen LogP contribution is -2.54. The molecule has 0 unspecified atom stereocenters. The third-order valence-electron chi connectivity index (χ3n) is 8.62. The highest BCUT2D eigenvalue weighted by atomic mass is 35.5. The lowest BCUT2D eigenvalue weighted by atomic mass is 9.46. The summed E-state index contributed by atoms with van der Waals surface area (Å²) in [5.41, 5.74) is 0.925. The van der Waals surface area contributed by atoms with Gasteiger partial charge in [0.05, 0.1) is 10.6 Å². The number of hydrogen-bond acceptors (Lipinski definition) is 2. The van der Waals surface area contributed by atoms with Gasteiger partial charge in [-0.25, -0.2) is 0 Å². The first-order valence-electron chi connectivity index (χ1n) is 9.35. The van der Waals surface area contributed by atoms with Crippen LogP contribution < -0.4 is 0 Å². The van der Waals surface area contributed by atoms with Crippen LogP contribution in [0.3, 0.4) is 0 Å². The Bertz CT molecular complexity index is 592. The van der Waals surface area contributed by atoms with Crippen molar-refractivity contribution in [3.05, 3.63) is 10.6 Å². The molecule has 128 valence electrons. The molecular formula is C20H29ClO2. The summed E-state index contributed by atoms with van der Waals surface area (Å²) in [6.07, 6.45) is 8.10. The van der Waals surface area contributed by atoms with Crippen LogP contribution in [0.1, 0.15) is 72.1 Å². The number of Topliss-reactive ketones (excluding diaryl/α,β-unsaturated/α-hetero) is 1. The molecule has 0 radical (unpaired) electrons. The van der Waals surface area contributed by atoms with E-state index < -0.39 is 5.60 Å². The van der Waals surface area contributed by atoms with Gasteiger partial charge in [-0.2, -0.15) is 0 Å². The summed E-state index contributed by atoms with van der Waals surface area (Å²) in [4.78, 5) is 12.0. The highest BCUT2D eigenvalue weighted by molar-refractivity contribution is 6.43. The topological polar surface area (TPSA) is 37.3 Å². The summed E-state index contributed by atoms with van der Waals surface area (Å²) in [6.45, 7) is 6.75. The van der Waals surface area contributed by atoms with Crippen LogP contribution in [-0.4, -0.2) is 16.5 Å². The van der Waals surface area contributed by atoms with Gasteiger partial charge in [0, 0.05) is 6.42 Å². The van der Waals surface area contributed by atoms with E-state index in [1.54, 1.807) is 0 Å². The van der Waals surface area contributed by atoms with E-state index in [0.717, 1.165) is 38.5 Å². The van der Waals surface area contributed by atoms with Gasteiger partial charge in [-0.1, -0.05) is 25.4 Å². The molecule has 6 atom stereocenters. The second-order valence-corrected chi connectivity index (χ2v) is 9.70. The van der Waals surface area contributed by atoms with Crippen molar-refractivity contribution in [2.45, 2.75) is 77.7 Å². The minimum absolute atomic E-state index is 0.0695. The number of carbonyl (C=O) groups excluding carboxylic acids is 1. The van der Waals surface area contributed by atoms with Crippen molar-refractivity contribution < 1.29 is 9.90 Å². The molecule has 0 amide bonds. The first-order chi connectivity index (χ1) is 10.7. The number of fused-ring (bicyclic) bond motifs is 5. The molecule has 1 N–H and O–H groups in total. The molecule has 0 aliphatic heterocycles. The van der Waals surface area contributed by atoms with Crippen LogP contribution >= 0.6 is 11.6 Å². The van der Waals surface area contributed by atoms with Gasteiger partial charge < -0.3 is 5.11 Å². The summed E-state index contributed by atoms with van der Waals surface area (Å²) >= 11 is 6.44. The van der Waals surface area contributed by atoms with E-state index >= 15 is 0 Å². The number of aliphatic hydroxyl groups is 1. The van der Waals surface area contributed by atoms with Gasteiger partial charge in [0.1, 0.15) is 0 Å². The van der Waals surface area contributed by atoms with Gasteiger partial charge in [-0.05, 0) is 86.0 Å². The molecule has 0 saturated heterocycles. The highest BCUT2D eigenvalue weighted by Gasteiger charge is 2.62. The maximum Gasteiger partial charge on any atom is 0.174 e. The number of allylic oxidation sites excluding steroid dienone is 1. The fraction of sp³-hybridized carbons (Fsp3) is 0.850. The molecule has 0 aromatic carbocycles. The van der Waals surface area contributed by atoms with Gasteiger partial charge in [-0.15, -0.1) is 0 Å². The average molecular weight is 337 g/mol. The van der Waals surface area contributed by atoms with Crippen LogP contribution in [0.15, 0.2) is 10.6 Å². The van der Waals surface area contributed by atoms with Crippen LogP contribution in [0.4, 0.5) is 0 Å². The Hall–Kier alpha value is -0.340. The fourth-order valence-electron chi connectivity index (χ4n) is 6.89. The summed E-state index contributed by atoms with van der Waals surface area (Å²) < 4.78 is 0. The predicted octanol–water partition coefficient (Wildman–Crippen LogP) is 4.84. The van der Waals surface area contributed by atoms with Gasteiger partial charge in [0.15, 0.2) is 5.78 Å². The Morgan fingerprint density at radius 2 is 1.70 bits per heavy atom. The van der Waals surface area contributed by atoms with Gasteiger partial charge in [-0.3, -0.25) is 4.79 Å². The molecule has 3 saturated carbocycles. The molecule has 0 bridgehead atoms. The largest absolute Gasteiger partial charge is 0.390 e. The van der Waals surface area contributed by atoms with Crippen molar-refractivity contribution in [1.29, 1.82) is 0 Å². The van der Waals surface area contributed by atoms with Crippen LogP contribution in [-0.2, 0) is 4.79 Å². The van der Waals surface area contributed by atoms with Crippen molar-refractivity contribution >= 4 is 17.4 Å². The Morgan fingerprint density at radius 1 is 1.00 bits per heavy atom. The van der Waals surface area contributed by atoms with Crippen molar-refractivity contribution in [3.8, 4) is 0 Å². The lowest BCUT2D eigenvalue weighted by molar-refractivity contribution is -0.124. The van der Waals surface area contributed by atoms with E-state index in [0.29, 0.717) is 29.2 Å². The number of hydrogen-bond donors (Lipinski definition) is 1. The average Bonchev–Trinajstić information content (AvgIpc) is 2.74. The van der Waals surface area contributed by atoms with Crippen molar-refractivity contribution in [2.75, 3.05) is 0 Å². The summed E-state index contributed by atoms with van der Waals surface area (Å²) in [5, 5.41) is 11.5. The van der Waals surface area contributed by atoms with Gasteiger partial charge >= 0.3 is 0 Å². The van der Waals surface area contributed by atoms with Crippen molar-refractivity contribution in [1.82, 2.24) is 0 Å². The molecule has 2 nitrogen and oxygen atoms in total. The first kappa shape index (κ1) is 16.1. The number of carbonyl (C=O) groups is 1. The molecule has 4 aliphatic carbocycles. The van der Waals surface area contributed by atoms with E-state index in [-0.39, 0.29) is 16.6 Å². The van der Waals surface area contributed by atoms with Crippen LogP contribution in [0, 0.1) is 28.6 Å². The fourth-order valence-corrected chi connectivity index (χ4v) is 7.30. The van der Waals surface area contributed by atoms with Crippen LogP contribution in [0.2, 0.25) is 0 Å². The molecule has 23 heavy (non-hydrogen) atoms. The molecule has 4 aliphatic rings. The summed E-state index contributed by atoms with van der Waals surface area (Å²) in [6, 6.07) is 0. The zero-order valence-electron chi connectivity index (χ0n) is 14.6. The van der Waals surface area contributed by atoms with E-state index in [2.05, 4.69) is 20.8 Å². The molecule has 4 rings (SSSR count). The summed E-state index contributed by atoms with van der Waals surface area (Å²) in [5.74, 6) is 2.11. The van der Waals surface area contributed by atoms with Crippen LogP contribution in [0.5, 0.6) is 0 Å². The molecule has 0 heterocycles. The molecule has 0 aromatic heterocycles. The zero-order valence-corrected chi connectivity index (χ0v) is 15.4. The predicted molar refractivity (Wildman–Crippen MR) is 92.1 cm³/mol. The second kappa shape index (κ2) is 4.85. The molecule has 3 heteroatoms. The normalized spacial score (nSPS) is 52.9. The lowest BCUT2D eigenvalue weighted by Gasteiger charge is -2.59. The first-order valence-corrected chi connectivity index (χ1v) is 9.73. The Balaban J connectivity index is 1.72. The minimum atomic E-state index is -0.514. The molecule has 0 spiro atoms. The SMILES string of the molecule is C[C@]12CCC(=O)C(Cl)=C1CC[C@@H]1[C@@H]2CC[C@@]2(C)[C@H]1CC[C@@]2(C)O. The quantitative estimate of drug-likeness (QED) is 0.687. The van der Waals surface area contributed by atoms with Gasteiger partial charge in [0.2, 0.25) is 0 Å². The monoisotopic (exact) mass is 336 g/mol. The van der Waals surface area contributed by atoms with Gasteiger partial charge in [0.25, 0.3) is 0 Å². The minimum Gasteiger partial charge on any atom is -0.390 e. The van der Waals surface area contributed by atoms with E-state index in [9.17, 15) is 9.90 Å². The molecular weight excluding hydrogens is 308 g/mol. The highest BCUT2D eigenvalue weighted by Crippen LogP contribution is 2.67. The van der Waals surface area contributed by atoms with E-state index in [4.69, 9.17) is 11.6 Å². The Labute approximate surface area is 144 Å². The molecule has 3 fully saturated rings. The van der Waals surface area contributed by atoms with E-state index in [1.807, 2.05) is 0 Å². The van der Waals surface area contributed by atoms with Crippen LogP contribution in [0.25, 0.3) is 0 Å². The number of rotatable bonds is 0. The second-order valence-electron chi connectivity index (χ2n) is 9.32. The third-order valence-corrected chi connectivity index (χ3v) is 9.05. The van der Waals surface area contributed by atoms with E-state index in [1.165, 1.54) is 12.0 Å².